The molecule has 0 aliphatic heterocycles. The molecule has 214 valence electrons. The summed E-state index contributed by atoms with van der Waals surface area (Å²) >= 11 is 0. The molecule has 0 unspecified atom stereocenters. The predicted octanol–water partition coefficient (Wildman–Crippen LogP) is 5.04. The highest BCUT2D eigenvalue weighted by atomic mass is 16.6. The van der Waals surface area contributed by atoms with Gasteiger partial charge in [-0.1, -0.05) is 0 Å². The molecular formula is C31H34N4O6. The molecule has 1 N–H and O–H groups in total. The van der Waals surface area contributed by atoms with Gasteiger partial charge >= 0.3 is 11.9 Å². The van der Waals surface area contributed by atoms with Crippen LogP contribution in [0.2, 0.25) is 0 Å². The molecule has 0 spiro atoms. The van der Waals surface area contributed by atoms with Crippen molar-refractivity contribution in [3.8, 4) is 17.2 Å². The first kappa shape index (κ1) is 29.0. The van der Waals surface area contributed by atoms with Crippen molar-refractivity contribution in [2.24, 2.45) is 5.10 Å². The minimum atomic E-state index is -0.825. The van der Waals surface area contributed by atoms with Gasteiger partial charge in [0.15, 0.2) is 11.9 Å². The Morgan fingerprint density at radius 1 is 1.02 bits per heavy atom. The second-order valence-electron chi connectivity index (χ2n) is 9.60. The van der Waals surface area contributed by atoms with Crippen molar-refractivity contribution >= 4 is 23.8 Å². The molecule has 0 radical (unpaired) electrons. The number of nitrogens with one attached hydrogen (secondary N) is 1. The number of carbonyl (C=O) groups is 2. The van der Waals surface area contributed by atoms with Crippen LogP contribution in [-0.2, 0) is 16.1 Å². The van der Waals surface area contributed by atoms with Gasteiger partial charge in [0.2, 0.25) is 0 Å². The smallest absolute Gasteiger partial charge is 0.346 e. The first-order valence-electron chi connectivity index (χ1n) is 13.0. The van der Waals surface area contributed by atoms with E-state index in [1.165, 1.54) is 13.3 Å². The number of aryl methyl sites for hydroxylation is 2. The quantitative estimate of drug-likeness (QED) is 0.156. The lowest BCUT2D eigenvalue weighted by molar-refractivity contribution is -0.147. The van der Waals surface area contributed by atoms with Crippen molar-refractivity contribution in [3.63, 3.8) is 0 Å². The van der Waals surface area contributed by atoms with Crippen LogP contribution >= 0.6 is 0 Å². The van der Waals surface area contributed by atoms with E-state index in [1.54, 1.807) is 31.2 Å². The van der Waals surface area contributed by atoms with E-state index in [2.05, 4.69) is 41.1 Å². The molecule has 10 nitrogen and oxygen atoms in total. The molecule has 2 aromatic heterocycles. The summed E-state index contributed by atoms with van der Waals surface area (Å²) in [5, 5.41) is 4.04. The maximum atomic E-state index is 12.6. The van der Waals surface area contributed by atoms with Gasteiger partial charge in [-0.2, -0.15) is 5.10 Å². The molecular weight excluding hydrogens is 524 g/mol. The molecule has 0 fully saturated rings. The molecule has 0 bridgehead atoms. The van der Waals surface area contributed by atoms with Gasteiger partial charge in [-0.15, -0.1) is 0 Å². The summed E-state index contributed by atoms with van der Waals surface area (Å²) in [6, 6.07) is 20.6. The molecule has 0 saturated heterocycles. The Morgan fingerprint density at radius 2 is 1.73 bits per heavy atom. The Hall–Kier alpha value is -4.99. The van der Waals surface area contributed by atoms with Crippen LogP contribution in [0.5, 0.6) is 11.5 Å². The normalized spacial score (nSPS) is 11.8. The van der Waals surface area contributed by atoms with Crippen molar-refractivity contribution < 1.29 is 28.2 Å². The molecule has 0 aliphatic rings. The summed E-state index contributed by atoms with van der Waals surface area (Å²) in [5.41, 5.74) is 7.25. The topological polar surface area (TPSA) is 108 Å². The number of ether oxygens (including phenoxy) is 3. The summed E-state index contributed by atoms with van der Waals surface area (Å²) in [6.45, 7) is 5.88. The lowest BCUT2D eigenvalue weighted by Gasteiger charge is -2.18. The highest BCUT2D eigenvalue weighted by Crippen LogP contribution is 2.25. The molecule has 1 amide bonds. The number of nitrogens with zero attached hydrogens (tertiary/aromatic N) is 3. The third-order valence-electron chi connectivity index (χ3n) is 6.35. The summed E-state index contributed by atoms with van der Waals surface area (Å²) in [7, 11) is 5.08. The maximum absolute atomic E-state index is 12.6. The number of amides is 1. The lowest BCUT2D eigenvalue weighted by atomic mass is 10.2. The number of hydrogen-bond acceptors (Lipinski definition) is 8. The number of hydrazone groups is 1. The van der Waals surface area contributed by atoms with E-state index in [0.717, 1.165) is 22.8 Å². The van der Waals surface area contributed by atoms with E-state index in [-0.39, 0.29) is 12.4 Å². The van der Waals surface area contributed by atoms with Crippen LogP contribution in [0.1, 0.15) is 40.2 Å². The van der Waals surface area contributed by atoms with Gasteiger partial charge in [-0.3, -0.25) is 4.79 Å². The second-order valence-corrected chi connectivity index (χ2v) is 9.60. The van der Waals surface area contributed by atoms with Crippen molar-refractivity contribution in [2.75, 3.05) is 26.1 Å². The zero-order valence-corrected chi connectivity index (χ0v) is 24.0. The molecule has 4 aromatic rings. The first-order chi connectivity index (χ1) is 19.7. The summed E-state index contributed by atoms with van der Waals surface area (Å²) in [5.74, 6) is 0.650. The van der Waals surface area contributed by atoms with Crippen LogP contribution < -0.4 is 19.8 Å². The monoisotopic (exact) mass is 558 g/mol. The minimum Gasteiger partial charge on any atom is -0.486 e. The van der Waals surface area contributed by atoms with E-state index < -0.39 is 18.0 Å². The lowest BCUT2D eigenvalue weighted by Crippen LogP contribution is -2.25. The van der Waals surface area contributed by atoms with Gasteiger partial charge in [-0.05, 0) is 81.4 Å². The Bertz CT molecular complexity index is 1510. The largest absolute Gasteiger partial charge is 0.486 e. The number of aromatic nitrogens is 1. The number of rotatable bonds is 11. The SMILES string of the molecule is COC(=O)[C@H](C)Oc1cc(N(C)C)ccc1/C=N/NC(=O)c1ccc(COc2ccc(-n3c(C)ccc3C)cc2)o1. The highest BCUT2D eigenvalue weighted by Gasteiger charge is 2.17. The summed E-state index contributed by atoms with van der Waals surface area (Å²) in [6.07, 6.45) is 0.609. The predicted molar refractivity (Wildman–Crippen MR) is 156 cm³/mol. The van der Waals surface area contributed by atoms with Crippen molar-refractivity contribution in [3.05, 3.63) is 95.2 Å². The average Bonchev–Trinajstić information content (AvgIpc) is 3.58. The summed E-state index contributed by atoms with van der Waals surface area (Å²) in [4.78, 5) is 26.3. The van der Waals surface area contributed by atoms with Gasteiger partial charge in [-0.25, -0.2) is 10.2 Å². The number of esters is 1. The highest BCUT2D eigenvalue weighted by molar-refractivity contribution is 5.93. The van der Waals surface area contributed by atoms with Crippen LogP contribution in [0.4, 0.5) is 5.69 Å². The molecule has 1 atom stereocenters. The van der Waals surface area contributed by atoms with Crippen LogP contribution in [0.3, 0.4) is 0 Å². The standard InChI is InChI=1S/C31H34N4O6/c1-20-7-8-21(2)35(20)24-11-13-26(14-12-24)39-19-27-15-16-28(41-27)30(36)33-32-18-23-9-10-25(34(4)5)17-29(23)40-22(3)31(37)38-6/h7-18,22H,19H2,1-6H3,(H,33,36)/b32-18+/t22-/m0/s1. The molecule has 41 heavy (non-hydrogen) atoms. The van der Waals surface area contributed by atoms with Crippen molar-refractivity contribution in [2.45, 2.75) is 33.5 Å². The molecule has 0 saturated carbocycles. The van der Waals surface area contributed by atoms with Gasteiger partial charge in [0.05, 0.1) is 13.3 Å². The zero-order chi connectivity index (χ0) is 29.5. The van der Waals surface area contributed by atoms with Gasteiger partial charge in [0.25, 0.3) is 0 Å². The Labute approximate surface area is 239 Å². The average molecular weight is 559 g/mol. The third kappa shape index (κ3) is 7.16. The first-order valence-corrected chi connectivity index (χ1v) is 13.0. The van der Waals surface area contributed by atoms with Crippen LogP contribution in [0.15, 0.2) is 76.2 Å². The number of furan rings is 1. The second kappa shape index (κ2) is 12.9. The fourth-order valence-corrected chi connectivity index (χ4v) is 4.13. The zero-order valence-electron chi connectivity index (χ0n) is 24.0. The Morgan fingerprint density at radius 3 is 2.39 bits per heavy atom. The van der Waals surface area contributed by atoms with E-state index in [1.807, 2.05) is 49.3 Å². The van der Waals surface area contributed by atoms with Crippen molar-refractivity contribution in [1.82, 2.24) is 9.99 Å². The van der Waals surface area contributed by atoms with Crippen LogP contribution in [0, 0.1) is 13.8 Å². The van der Waals surface area contributed by atoms with Crippen LogP contribution in [-0.4, -0.2) is 50.0 Å². The molecule has 0 aliphatic carbocycles. The fraction of sp³-hybridized carbons (Fsp3) is 0.258. The van der Waals surface area contributed by atoms with Gasteiger partial charge < -0.3 is 28.1 Å². The molecule has 2 aromatic carbocycles. The van der Waals surface area contributed by atoms with E-state index >= 15 is 0 Å². The van der Waals surface area contributed by atoms with E-state index in [4.69, 9.17) is 18.6 Å². The number of hydrogen-bond donors (Lipinski definition) is 1. The van der Waals surface area contributed by atoms with Gasteiger partial charge in [0.1, 0.15) is 23.9 Å². The van der Waals surface area contributed by atoms with E-state index in [0.29, 0.717) is 22.8 Å². The van der Waals surface area contributed by atoms with E-state index in [9.17, 15) is 9.59 Å². The molecule has 10 heteroatoms. The number of methoxy groups -OCH3 is 1. The number of carbonyl (C=O) groups excluding carboxylic acids is 2. The summed E-state index contributed by atoms with van der Waals surface area (Å²) < 4.78 is 24.2. The minimum absolute atomic E-state index is 0.0911. The van der Waals surface area contributed by atoms with Crippen molar-refractivity contribution in [1.29, 1.82) is 0 Å². The third-order valence-corrected chi connectivity index (χ3v) is 6.35. The molecule has 4 rings (SSSR count). The Balaban J connectivity index is 1.35. The number of anilines is 1. The van der Waals surface area contributed by atoms with Gasteiger partial charge in [0, 0.05) is 48.5 Å². The maximum Gasteiger partial charge on any atom is 0.346 e. The van der Waals surface area contributed by atoms with Crippen LogP contribution in [0.25, 0.3) is 5.69 Å². The fourth-order valence-electron chi connectivity index (χ4n) is 4.13. The Kier molecular flexibility index (Phi) is 9.13. The molecule has 2 heterocycles. The number of benzene rings is 2.